The Hall–Kier alpha value is -2.67. The van der Waals surface area contributed by atoms with Crippen molar-refractivity contribution in [3.8, 4) is 0 Å². The highest BCUT2D eigenvalue weighted by molar-refractivity contribution is 6.33. The minimum absolute atomic E-state index is 0.0229. The lowest BCUT2D eigenvalue weighted by molar-refractivity contribution is -0.384. The Bertz CT molecular complexity index is 806. The molecule has 3 rings (SSSR count). The third-order valence-corrected chi connectivity index (χ3v) is 4.39. The number of aromatic nitrogens is 1. The molecule has 0 aliphatic carbocycles. The number of carbonyl (C=O) groups is 1. The monoisotopic (exact) mass is 360 g/mol. The second-order valence-corrected chi connectivity index (χ2v) is 6.21. The number of nitro benzene ring substituents is 1. The van der Waals surface area contributed by atoms with Crippen molar-refractivity contribution >= 4 is 34.7 Å². The van der Waals surface area contributed by atoms with Gasteiger partial charge in [-0.1, -0.05) is 11.6 Å². The zero-order valence-electron chi connectivity index (χ0n) is 13.4. The maximum atomic E-state index is 12.7. The maximum Gasteiger partial charge on any atom is 0.288 e. The van der Waals surface area contributed by atoms with E-state index in [1.165, 1.54) is 24.6 Å². The maximum absolute atomic E-state index is 12.7. The van der Waals surface area contributed by atoms with Crippen molar-refractivity contribution in [2.75, 3.05) is 23.3 Å². The van der Waals surface area contributed by atoms with E-state index in [0.29, 0.717) is 17.1 Å². The van der Waals surface area contributed by atoms with Crippen LogP contribution in [0.4, 0.5) is 17.2 Å². The minimum Gasteiger partial charge on any atom is -0.356 e. The molecule has 130 valence electrons. The molecule has 1 aliphatic heterocycles. The molecule has 7 nitrogen and oxygen atoms in total. The average Bonchev–Trinajstić information content (AvgIpc) is 2.62. The van der Waals surface area contributed by atoms with E-state index in [-0.39, 0.29) is 16.6 Å². The molecule has 1 saturated heterocycles. The van der Waals surface area contributed by atoms with Gasteiger partial charge in [-0.05, 0) is 43.5 Å². The van der Waals surface area contributed by atoms with Crippen LogP contribution < -0.4 is 10.2 Å². The number of nitrogens with zero attached hydrogens (tertiary/aromatic N) is 3. The summed E-state index contributed by atoms with van der Waals surface area (Å²) in [5.74, 6) is 0.339. The van der Waals surface area contributed by atoms with Crippen LogP contribution in [0.1, 0.15) is 29.6 Å². The Morgan fingerprint density at radius 2 is 2.00 bits per heavy atom. The molecule has 25 heavy (non-hydrogen) atoms. The van der Waals surface area contributed by atoms with E-state index in [9.17, 15) is 14.9 Å². The van der Waals surface area contributed by atoms with Crippen molar-refractivity contribution in [3.63, 3.8) is 0 Å². The van der Waals surface area contributed by atoms with Gasteiger partial charge in [-0.2, -0.15) is 0 Å². The predicted molar refractivity (Wildman–Crippen MR) is 96.4 cm³/mol. The van der Waals surface area contributed by atoms with E-state index in [2.05, 4.69) is 15.2 Å². The number of rotatable bonds is 4. The van der Waals surface area contributed by atoms with Crippen LogP contribution in [0.25, 0.3) is 0 Å². The zero-order chi connectivity index (χ0) is 17.8. The van der Waals surface area contributed by atoms with Crippen molar-refractivity contribution < 1.29 is 9.72 Å². The quantitative estimate of drug-likeness (QED) is 0.660. The van der Waals surface area contributed by atoms with Crippen LogP contribution in [0.3, 0.4) is 0 Å². The first kappa shape index (κ1) is 17.2. The van der Waals surface area contributed by atoms with Crippen LogP contribution >= 0.6 is 11.6 Å². The van der Waals surface area contributed by atoms with Crippen LogP contribution in [0, 0.1) is 10.1 Å². The van der Waals surface area contributed by atoms with E-state index >= 15 is 0 Å². The topological polar surface area (TPSA) is 88.4 Å². The van der Waals surface area contributed by atoms with Crippen molar-refractivity contribution in [2.45, 2.75) is 19.3 Å². The van der Waals surface area contributed by atoms with Gasteiger partial charge < -0.3 is 10.2 Å². The summed E-state index contributed by atoms with van der Waals surface area (Å²) < 4.78 is 0. The predicted octanol–water partition coefficient (Wildman–Crippen LogP) is 3.89. The van der Waals surface area contributed by atoms with Gasteiger partial charge in [0.15, 0.2) is 0 Å². The highest BCUT2D eigenvalue weighted by atomic mass is 35.5. The summed E-state index contributed by atoms with van der Waals surface area (Å²) in [7, 11) is 0. The lowest BCUT2D eigenvalue weighted by Gasteiger charge is -2.29. The summed E-state index contributed by atoms with van der Waals surface area (Å²) in [5, 5.41) is 13.5. The molecule has 1 aromatic carbocycles. The first-order valence-corrected chi connectivity index (χ1v) is 8.39. The number of nitrogens with one attached hydrogen (secondary N) is 1. The summed E-state index contributed by atoms with van der Waals surface area (Å²) in [6.45, 7) is 1.75. The molecule has 1 N–H and O–H groups in total. The number of amides is 1. The summed E-state index contributed by atoms with van der Waals surface area (Å²) >= 11 is 5.89. The normalized spacial score (nSPS) is 14.2. The largest absolute Gasteiger partial charge is 0.356 e. The van der Waals surface area contributed by atoms with Gasteiger partial charge in [0.2, 0.25) is 0 Å². The van der Waals surface area contributed by atoms with Crippen molar-refractivity contribution in [2.24, 2.45) is 0 Å². The van der Waals surface area contributed by atoms with Gasteiger partial charge in [0, 0.05) is 31.0 Å². The standard InChI is InChI=1S/C17H17ClN4O3/c18-14-11-12(6-7-15(14)22(24)25)20-17(23)13-5-4-8-19-16(13)21-9-2-1-3-10-21/h4-8,11H,1-3,9-10H2,(H,20,23). The number of hydrogen-bond acceptors (Lipinski definition) is 5. The summed E-state index contributed by atoms with van der Waals surface area (Å²) in [5.41, 5.74) is 0.669. The highest BCUT2D eigenvalue weighted by Crippen LogP contribution is 2.28. The molecule has 1 amide bonds. The molecule has 0 radical (unpaired) electrons. The fourth-order valence-corrected chi connectivity index (χ4v) is 3.11. The van der Waals surface area contributed by atoms with E-state index < -0.39 is 4.92 Å². The Morgan fingerprint density at radius 3 is 2.68 bits per heavy atom. The number of carbonyl (C=O) groups excluding carboxylic acids is 1. The first-order chi connectivity index (χ1) is 12.1. The van der Waals surface area contributed by atoms with Gasteiger partial charge in [0.25, 0.3) is 11.6 Å². The second kappa shape index (κ2) is 7.48. The van der Waals surface area contributed by atoms with E-state index in [0.717, 1.165) is 25.9 Å². The van der Waals surface area contributed by atoms with E-state index in [4.69, 9.17) is 11.6 Å². The number of benzene rings is 1. The smallest absolute Gasteiger partial charge is 0.288 e. The first-order valence-electron chi connectivity index (χ1n) is 8.01. The van der Waals surface area contributed by atoms with Crippen LogP contribution in [-0.4, -0.2) is 28.9 Å². The third-order valence-electron chi connectivity index (χ3n) is 4.09. The van der Waals surface area contributed by atoms with Crippen LogP contribution in [0.15, 0.2) is 36.5 Å². The molecule has 1 aromatic heterocycles. The van der Waals surface area contributed by atoms with Gasteiger partial charge in [-0.25, -0.2) is 4.98 Å². The van der Waals surface area contributed by atoms with Crippen LogP contribution in [0.5, 0.6) is 0 Å². The number of nitro groups is 1. The lowest BCUT2D eigenvalue weighted by atomic mass is 10.1. The fourth-order valence-electron chi connectivity index (χ4n) is 2.86. The average molecular weight is 361 g/mol. The van der Waals surface area contributed by atoms with Crippen LogP contribution in [-0.2, 0) is 0 Å². The minimum atomic E-state index is -0.566. The SMILES string of the molecule is O=C(Nc1ccc([N+](=O)[O-])c(Cl)c1)c1cccnc1N1CCCCC1. The summed E-state index contributed by atoms with van der Waals surface area (Å²) in [6, 6.07) is 7.53. The molecule has 0 unspecified atom stereocenters. The van der Waals surface area contributed by atoms with E-state index in [1.54, 1.807) is 18.3 Å². The number of halogens is 1. The fraction of sp³-hybridized carbons (Fsp3) is 0.294. The Labute approximate surface area is 149 Å². The summed E-state index contributed by atoms with van der Waals surface area (Å²) in [6.07, 6.45) is 5.01. The third kappa shape index (κ3) is 3.88. The molecular weight excluding hydrogens is 344 g/mol. The molecule has 2 heterocycles. The zero-order valence-corrected chi connectivity index (χ0v) is 14.2. The highest BCUT2D eigenvalue weighted by Gasteiger charge is 2.20. The molecule has 0 spiro atoms. The van der Waals surface area contributed by atoms with Crippen molar-refractivity contribution in [1.82, 2.24) is 4.98 Å². The number of piperidine rings is 1. The molecule has 8 heteroatoms. The molecule has 1 aliphatic rings. The molecular formula is C17H17ClN4O3. The van der Waals surface area contributed by atoms with Gasteiger partial charge in [-0.15, -0.1) is 0 Å². The van der Waals surface area contributed by atoms with Gasteiger partial charge >= 0.3 is 0 Å². The van der Waals surface area contributed by atoms with Crippen molar-refractivity contribution in [1.29, 1.82) is 0 Å². The lowest BCUT2D eigenvalue weighted by Crippen LogP contribution is -2.32. The van der Waals surface area contributed by atoms with Crippen LogP contribution in [0.2, 0.25) is 5.02 Å². The Morgan fingerprint density at radius 1 is 1.24 bits per heavy atom. The number of anilines is 2. The number of pyridine rings is 1. The van der Waals surface area contributed by atoms with E-state index in [1.807, 2.05) is 0 Å². The van der Waals surface area contributed by atoms with Gasteiger partial charge in [-0.3, -0.25) is 14.9 Å². The van der Waals surface area contributed by atoms with Crippen molar-refractivity contribution in [3.05, 3.63) is 57.2 Å². The molecule has 2 aromatic rings. The second-order valence-electron chi connectivity index (χ2n) is 5.80. The Kier molecular flexibility index (Phi) is 5.14. The molecule has 0 atom stereocenters. The Balaban J connectivity index is 1.82. The van der Waals surface area contributed by atoms with Gasteiger partial charge in [0.05, 0.1) is 10.5 Å². The van der Waals surface area contributed by atoms with Gasteiger partial charge in [0.1, 0.15) is 10.8 Å². The molecule has 0 bridgehead atoms. The molecule has 1 fully saturated rings. The molecule has 0 saturated carbocycles. The number of hydrogen-bond donors (Lipinski definition) is 1. The summed E-state index contributed by atoms with van der Waals surface area (Å²) in [4.78, 5) is 29.4.